The molecular weight excluding hydrogens is 415 g/mol. The number of hydrogen-bond acceptors (Lipinski definition) is 7. The van der Waals surface area contributed by atoms with Gasteiger partial charge in [-0.15, -0.1) is 23.4 Å². The van der Waals surface area contributed by atoms with Crippen LogP contribution in [0.5, 0.6) is 5.75 Å². The van der Waals surface area contributed by atoms with Crippen molar-refractivity contribution in [2.45, 2.75) is 24.0 Å². The highest BCUT2D eigenvalue weighted by molar-refractivity contribution is 8.01. The lowest BCUT2D eigenvalue weighted by Crippen LogP contribution is -2.27. The largest absolute Gasteiger partial charge is 0.573 e. The molecule has 28 heavy (non-hydrogen) atoms. The van der Waals surface area contributed by atoms with Crippen molar-refractivity contribution in [1.82, 2.24) is 20.5 Å². The van der Waals surface area contributed by atoms with Gasteiger partial charge in [0.25, 0.3) is 0 Å². The molecule has 0 aliphatic carbocycles. The van der Waals surface area contributed by atoms with Gasteiger partial charge >= 0.3 is 6.36 Å². The molecule has 0 atom stereocenters. The molecule has 7 nitrogen and oxygen atoms in total. The number of nitrogens with one attached hydrogen (secondary N) is 2. The molecule has 0 aliphatic rings. The molecule has 150 valence electrons. The standard InChI is InChI=1S/C16H16F3N5O2S2/c1-8-10(4-5-21-13(25)7-27-15-24-23-14(20)28-15)11-6-9(26-16(17,18)19)2-3-12(11)22-8/h2-3,6,22H,4-5,7H2,1H3,(H2,20,23)(H,21,25). The molecular formula is C16H16F3N5O2S2. The lowest BCUT2D eigenvalue weighted by atomic mass is 10.1. The number of carbonyl (C=O) groups is 1. The number of carbonyl (C=O) groups excluding carboxylic acids is 1. The van der Waals surface area contributed by atoms with Crippen LogP contribution in [-0.4, -0.2) is 39.7 Å². The molecule has 0 bridgehead atoms. The molecule has 0 saturated carbocycles. The van der Waals surface area contributed by atoms with Crippen molar-refractivity contribution in [2.75, 3.05) is 18.0 Å². The summed E-state index contributed by atoms with van der Waals surface area (Å²) in [6, 6.07) is 4.14. The molecule has 0 saturated heterocycles. The smallest absolute Gasteiger partial charge is 0.406 e. The van der Waals surface area contributed by atoms with E-state index in [9.17, 15) is 18.0 Å². The van der Waals surface area contributed by atoms with Gasteiger partial charge in [0, 0.05) is 23.1 Å². The van der Waals surface area contributed by atoms with Crippen LogP contribution >= 0.6 is 23.1 Å². The van der Waals surface area contributed by atoms with Crippen molar-refractivity contribution < 1.29 is 22.7 Å². The molecule has 2 aromatic heterocycles. The first-order valence-electron chi connectivity index (χ1n) is 8.06. The predicted molar refractivity (Wildman–Crippen MR) is 101 cm³/mol. The number of ether oxygens (including phenoxy) is 1. The van der Waals surface area contributed by atoms with Gasteiger partial charge in [0.05, 0.1) is 5.75 Å². The number of aromatic amines is 1. The summed E-state index contributed by atoms with van der Waals surface area (Å²) in [5.74, 6) is -0.292. The van der Waals surface area contributed by atoms with E-state index in [-0.39, 0.29) is 17.4 Å². The number of fused-ring (bicyclic) bond motifs is 1. The van der Waals surface area contributed by atoms with E-state index in [1.165, 1.54) is 41.3 Å². The predicted octanol–water partition coefficient (Wildman–Crippen LogP) is 3.26. The Bertz CT molecular complexity index is 986. The van der Waals surface area contributed by atoms with Crippen LogP contribution in [0.15, 0.2) is 22.5 Å². The summed E-state index contributed by atoms with van der Waals surface area (Å²) in [6.45, 7) is 2.17. The number of rotatable bonds is 7. The van der Waals surface area contributed by atoms with Gasteiger partial charge in [-0.2, -0.15) is 0 Å². The zero-order valence-electron chi connectivity index (χ0n) is 14.6. The van der Waals surface area contributed by atoms with Gasteiger partial charge in [0.2, 0.25) is 11.0 Å². The van der Waals surface area contributed by atoms with E-state index < -0.39 is 6.36 Å². The van der Waals surface area contributed by atoms with Crippen molar-refractivity contribution >= 4 is 45.0 Å². The summed E-state index contributed by atoms with van der Waals surface area (Å²) in [6.07, 6.45) is -4.29. The van der Waals surface area contributed by atoms with Crippen molar-refractivity contribution in [3.8, 4) is 5.75 Å². The average molecular weight is 431 g/mol. The van der Waals surface area contributed by atoms with Gasteiger partial charge in [-0.3, -0.25) is 4.79 Å². The number of halogens is 3. The highest BCUT2D eigenvalue weighted by atomic mass is 32.2. The monoisotopic (exact) mass is 431 g/mol. The van der Waals surface area contributed by atoms with Crippen LogP contribution < -0.4 is 15.8 Å². The maximum Gasteiger partial charge on any atom is 0.573 e. The number of aryl methyl sites for hydroxylation is 1. The number of nitrogens with zero attached hydrogens (tertiary/aromatic N) is 2. The third kappa shape index (κ3) is 5.29. The molecule has 0 aliphatic heterocycles. The quantitative estimate of drug-likeness (QED) is 0.496. The maximum absolute atomic E-state index is 12.4. The van der Waals surface area contributed by atoms with Crippen molar-refractivity contribution in [3.05, 3.63) is 29.5 Å². The minimum Gasteiger partial charge on any atom is -0.406 e. The van der Waals surface area contributed by atoms with E-state index in [4.69, 9.17) is 5.73 Å². The lowest BCUT2D eigenvalue weighted by Gasteiger charge is -2.09. The van der Waals surface area contributed by atoms with Crippen molar-refractivity contribution in [2.24, 2.45) is 0 Å². The van der Waals surface area contributed by atoms with Gasteiger partial charge in [-0.05, 0) is 37.1 Å². The Kier molecular flexibility index (Phi) is 5.98. The van der Waals surface area contributed by atoms with Crippen molar-refractivity contribution in [1.29, 1.82) is 0 Å². The lowest BCUT2D eigenvalue weighted by molar-refractivity contribution is -0.274. The highest BCUT2D eigenvalue weighted by Crippen LogP contribution is 2.30. The van der Waals surface area contributed by atoms with Crippen LogP contribution in [0.25, 0.3) is 10.9 Å². The zero-order chi connectivity index (χ0) is 20.3. The maximum atomic E-state index is 12.4. The summed E-state index contributed by atoms with van der Waals surface area (Å²) in [4.78, 5) is 15.1. The number of aromatic nitrogens is 3. The topological polar surface area (TPSA) is 106 Å². The highest BCUT2D eigenvalue weighted by Gasteiger charge is 2.31. The molecule has 1 amide bonds. The molecule has 0 radical (unpaired) electrons. The fourth-order valence-electron chi connectivity index (χ4n) is 2.66. The molecule has 4 N–H and O–H groups in total. The zero-order valence-corrected chi connectivity index (χ0v) is 16.2. The number of amides is 1. The Hall–Kier alpha value is -2.47. The van der Waals surface area contributed by atoms with Crippen LogP contribution in [-0.2, 0) is 11.2 Å². The van der Waals surface area contributed by atoms with Gasteiger partial charge in [-0.1, -0.05) is 23.1 Å². The summed E-state index contributed by atoms with van der Waals surface area (Å²) < 4.78 is 41.9. The molecule has 1 aromatic carbocycles. The second kappa shape index (κ2) is 8.27. The minimum absolute atomic E-state index is 0.172. The number of anilines is 1. The summed E-state index contributed by atoms with van der Waals surface area (Å²) in [5.41, 5.74) is 7.84. The molecule has 0 unspecified atom stereocenters. The Labute approximate surface area is 165 Å². The number of thioether (sulfide) groups is 1. The number of H-pyrrole nitrogens is 1. The van der Waals surface area contributed by atoms with Crippen LogP contribution in [0.2, 0.25) is 0 Å². The number of hydrogen-bond donors (Lipinski definition) is 3. The number of alkyl halides is 3. The fraction of sp³-hybridized carbons (Fsp3) is 0.312. The van der Waals surface area contributed by atoms with Crippen LogP contribution in [0.3, 0.4) is 0 Å². The number of nitrogens with two attached hydrogens (primary N) is 1. The molecule has 3 aromatic rings. The first-order valence-corrected chi connectivity index (χ1v) is 9.87. The third-order valence-corrected chi connectivity index (χ3v) is 5.66. The Balaban J connectivity index is 1.59. The third-order valence-electron chi connectivity index (χ3n) is 3.77. The Morgan fingerprint density at radius 2 is 2.18 bits per heavy atom. The van der Waals surface area contributed by atoms with Crippen LogP contribution in [0.1, 0.15) is 11.3 Å². The van der Waals surface area contributed by atoms with Crippen LogP contribution in [0.4, 0.5) is 18.3 Å². The molecule has 0 spiro atoms. The van der Waals surface area contributed by atoms with Gasteiger partial charge < -0.3 is 20.8 Å². The summed E-state index contributed by atoms with van der Waals surface area (Å²) in [5, 5.41) is 11.2. The molecule has 0 fully saturated rings. The van der Waals surface area contributed by atoms with Gasteiger partial charge in [0.15, 0.2) is 4.34 Å². The molecule has 3 rings (SSSR count). The van der Waals surface area contributed by atoms with E-state index in [0.29, 0.717) is 33.3 Å². The first kappa shape index (κ1) is 20.3. The number of nitrogen functional groups attached to an aromatic ring is 1. The Morgan fingerprint density at radius 1 is 1.39 bits per heavy atom. The SMILES string of the molecule is Cc1[nH]c2ccc(OC(F)(F)F)cc2c1CCNC(=O)CSc1nnc(N)s1. The molecule has 2 heterocycles. The van der Waals surface area contributed by atoms with E-state index in [2.05, 4.69) is 25.2 Å². The van der Waals surface area contributed by atoms with Gasteiger partial charge in [-0.25, -0.2) is 0 Å². The first-order chi connectivity index (χ1) is 13.2. The van der Waals surface area contributed by atoms with E-state index in [1.807, 2.05) is 6.92 Å². The summed E-state index contributed by atoms with van der Waals surface area (Å²) in [7, 11) is 0. The molecule has 12 heteroatoms. The van der Waals surface area contributed by atoms with Crippen LogP contribution in [0, 0.1) is 6.92 Å². The fourth-order valence-corrected chi connectivity index (χ4v) is 4.13. The second-order valence-corrected chi connectivity index (χ2v) is 8.01. The normalized spacial score (nSPS) is 11.7. The summed E-state index contributed by atoms with van der Waals surface area (Å²) >= 11 is 2.44. The minimum atomic E-state index is -4.75. The Morgan fingerprint density at radius 3 is 2.86 bits per heavy atom. The number of benzene rings is 1. The van der Waals surface area contributed by atoms with E-state index in [0.717, 1.165) is 11.3 Å². The average Bonchev–Trinajstić information content (AvgIpc) is 3.15. The van der Waals surface area contributed by atoms with E-state index >= 15 is 0 Å². The second-order valence-electron chi connectivity index (χ2n) is 5.78. The van der Waals surface area contributed by atoms with Crippen molar-refractivity contribution in [3.63, 3.8) is 0 Å². The van der Waals surface area contributed by atoms with E-state index in [1.54, 1.807) is 0 Å². The van der Waals surface area contributed by atoms with Gasteiger partial charge in [0.1, 0.15) is 5.75 Å².